The lowest BCUT2D eigenvalue weighted by Gasteiger charge is -2.14. The zero-order chi connectivity index (χ0) is 21.1. The Morgan fingerprint density at radius 1 is 1.17 bits per heavy atom. The highest BCUT2D eigenvalue weighted by Crippen LogP contribution is 2.17. The molecule has 154 valence electrons. The second-order valence-electron chi connectivity index (χ2n) is 6.98. The van der Waals surface area contributed by atoms with Crippen LogP contribution in [-0.2, 0) is 22.6 Å². The van der Waals surface area contributed by atoms with E-state index >= 15 is 0 Å². The standard InChI is InChI=1S/C20H24N4O5/c1-5-29-16(25)11-22-12-21-18-17(22)19(26)23(10-13(2)3)20(27)24(18)14-6-8-15(28-4)9-7-14/h6-9,12-13H,5,10-11H2,1-4H3. The molecule has 2 heterocycles. The van der Waals surface area contributed by atoms with Gasteiger partial charge in [0, 0.05) is 6.54 Å². The van der Waals surface area contributed by atoms with Gasteiger partial charge in [0.2, 0.25) is 0 Å². The highest BCUT2D eigenvalue weighted by molar-refractivity contribution is 5.76. The van der Waals surface area contributed by atoms with Crippen molar-refractivity contribution in [3.63, 3.8) is 0 Å². The van der Waals surface area contributed by atoms with Crippen molar-refractivity contribution < 1.29 is 14.3 Å². The van der Waals surface area contributed by atoms with Gasteiger partial charge in [0.25, 0.3) is 5.56 Å². The number of hydrogen-bond acceptors (Lipinski definition) is 6. The summed E-state index contributed by atoms with van der Waals surface area (Å²) >= 11 is 0. The Morgan fingerprint density at radius 3 is 2.45 bits per heavy atom. The van der Waals surface area contributed by atoms with Crippen LogP contribution in [0.1, 0.15) is 20.8 Å². The number of fused-ring (bicyclic) bond motifs is 1. The van der Waals surface area contributed by atoms with Crippen LogP contribution in [0.5, 0.6) is 5.75 Å². The van der Waals surface area contributed by atoms with Gasteiger partial charge in [0.15, 0.2) is 11.2 Å². The van der Waals surface area contributed by atoms with E-state index in [1.54, 1.807) is 38.3 Å². The van der Waals surface area contributed by atoms with Crippen molar-refractivity contribution in [1.29, 1.82) is 0 Å². The van der Waals surface area contributed by atoms with E-state index in [1.807, 2.05) is 13.8 Å². The van der Waals surface area contributed by atoms with E-state index < -0.39 is 17.2 Å². The third-order valence-electron chi connectivity index (χ3n) is 4.38. The topological polar surface area (TPSA) is 97.4 Å². The average Bonchev–Trinajstić information content (AvgIpc) is 3.09. The monoisotopic (exact) mass is 400 g/mol. The van der Waals surface area contributed by atoms with Crippen molar-refractivity contribution in [2.24, 2.45) is 5.92 Å². The van der Waals surface area contributed by atoms with Crippen LogP contribution >= 0.6 is 0 Å². The molecule has 3 aromatic rings. The molecule has 0 spiro atoms. The fraction of sp³-hybridized carbons (Fsp3) is 0.400. The Balaban J connectivity index is 2.29. The summed E-state index contributed by atoms with van der Waals surface area (Å²) < 4.78 is 14.1. The summed E-state index contributed by atoms with van der Waals surface area (Å²) in [6, 6.07) is 6.88. The molecule has 0 atom stereocenters. The lowest BCUT2D eigenvalue weighted by molar-refractivity contribution is -0.143. The van der Waals surface area contributed by atoms with Gasteiger partial charge < -0.3 is 14.0 Å². The third kappa shape index (κ3) is 3.94. The summed E-state index contributed by atoms with van der Waals surface area (Å²) in [5.74, 6) is 0.230. The van der Waals surface area contributed by atoms with Crippen molar-refractivity contribution in [1.82, 2.24) is 18.7 Å². The number of nitrogens with zero attached hydrogens (tertiary/aromatic N) is 4. The van der Waals surface area contributed by atoms with E-state index in [1.165, 1.54) is 20.0 Å². The number of benzene rings is 1. The number of hydrogen-bond donors (Lipinski definition) is 0. The molecule has 1 aromatic carbocycles. The minimum atomic E-state index is -0.484. The number of rotatable bonds is 7. The fourth-order valence-corrected chi connectivity index (χ4v) is 3.14. The molecule has 0 bridgehead atoms. The van der Waals surface area contributed by atoms with Gasteiger partial charge in [-0.3, -0.25) is 14.2 Å². The van der Waals surface area contributed by atoms with Crippen molar-refractivity contribution >= 4 is 17.1 Å². The van der Waals surface area contributed by atoms with Gasteiger partial charge in [0.1, 0.15) is 12.3 Å². The zero-order valence-corrected chi connectivity index (χ0v) is 16.9. The molecule has 29 heavy (non-hydrogen) atoms. The molecule has 0 fully saturated rings. The molecule has 0 saturated carbocycles. The van der Waals surface area contributed by atoms with E-state index in [9.17, 15) is 14.4 Å². The van der Waals surface area contributed by atoms with Crippen LogP contribution in [0, 0.1) is 5.92 Å². The Hall–Kier alpha value is -3.36. The number of imidazole rings is 1. The number of ether oxygens (including phenoxy) is 2. The summed E-state index contributed by atoms with van der Waals surface area (Å²) in [5.41, 5.74) is -0.0590. The molecular weight excluding hydrogens is 376 g/mol. The van der Waals surface area contributed by atoms with E-state index in [-0.39, 0.29) is 36.8 Å². The van der Waals surface area contributed by atoms with E-state index in [0.29, 0.717) is 11.4 Å². The summed E-state index contributed by atoms with van der Waals surface area (Å²) in [7, 11) is 1.55. The fourth-order valence-electron chi connectivity index (χ4n) is 3.14. The Labute approximate surface area is 167 Å². The Morgan fingerprint density at radius 2 is 1.86 bits per heavy atom. The van der Waals surface area contributed by atoms with Crippen LogP contribution in [0.4, 0.5) is 0 Å². The van der Waals surface area contributed by atoms with Gasteiger partial charge in [-0.2, -0.15) is 0 Å². The first-order chi connectivity index (χ1) is 13.9. The summed E-state index contributed by atoms with van der Waals surface area (Å²) in [5, 5.41) is 0. The molecule has 0 aliphatic heterocycles. The predicted octanol–water partition coefficient (Wildman–Crippen LogP) is 1.58. The van der Waals surface area contributed by atoms with Gasteiger partial charge in [0.05, 0.1) is 25.7 Å². The first kappa shape index (κ1) is 20.4. The van der Waals surface area contributed by atoms with Gasteiger partial charge in [-0.1, -0.05) is 13.8 Å². The molecule has 0 saturated heterocycles. The van der Waals surface area contributed by atoms with Crippen LogP contribution in [0.2, 0.25) is 0 Å². The molecular formula is C20H24N4O5. The molecule has 9 heteroatoms. The molecule has 0 amide bonds. The van der Waals surface area contributed by atoms with Gasteiger partial charge >= 0.3 is 11.7 Å². The third-order valence-corrected chi connectivity index (χ3v) is 4.38. The smallest absolute Gasteiger partial charge is 0.337 e. The molecule has 0 radical (unpaired) electrons. The van der Waals surface area contributed by atoms with E-state index in [2.05, 4.69) is 4.98 Å². The maximum absolute atomic E-state index is 13.2. The molecule has 2 aromatic heterocycles. The lowest BCUT2D eigenvalue weighted by Crippen LogP contribution is -2.41. The first-order valence-corrected chi connectivity index (χ1v) is 9.38. The van der Waals surface area contributed by atoms with Crippen LogP contribution in [-0.4, -0.2) is 38.4 Å². The zero-order valence-electron chi connectivity index (χ0n) is 16.9. The maximum Gasteiger partial charge on any atom is 0.337 e. The Bertz CT molecular complexity index is 1140. The molecule has 0 aliphatic rings. The quantitative estimate of drug-likeness (QED) is 0.559. The maximum atomic E-state index is 13.2. The van der Waals surface area contributed by atoms with E-state index in [0.717, 1.165) is 0 Å². The summed E-state index contributed by atoms with van der Waals surface area (Å²) in [6.45, 7) is 5.87. The number of methoxy groups -OCH3 is 1. The van der Waals surface area contributed by atoms with E-state index in [4.69, 9.17) is 9.47 Å². The van der Waals surface area contributed by atoms with Crippen molar-refractivity contribution in [2.75, 3.05) is 13.7 Å². The highest BCUT2D eigenvalue weighted by Gasteiger charge is 2.21. The minimum absolute atomic E-state index is 0.0728. The van der Waals surface area contributed by atoms with Gasteiger partial charge in [-0.05, 0) is 37.1 Å². The largest absolute Gasteiger partial charge is 0.497 e. The van der Waals surface area contributed by atoms with Gasteiger partial charge in [-0.25, -0.2) is 14.3 Å². The molecule has 3 rings (SSSR count). The number of carbonyl (C=O) groups is 1. The van der Waals surface area contributed by atoms with Crippen LogP contribution < -0.4 is 16.0 Å². The number of esters is 1. The molecule has 9 nitrogen and oxygen atoms in total. The Kier molecular flexibility index (Phi) is 5.86. The predicted molar refractivity (Wildman–Crippen MR) is 108 cm³/mol. The highest BCUT2D eigenvalue weighted by atomic mass is 16.5. The second-order valence-corrected chi connectivity index (χ2v) is 6.98. The second kappa shape index (κ2) is 8.34. The van der Waals surface area contributed by atoms with Crippen molar-refractivity contribution in [2.45, 2.75) is 33.9 Å². The van der Waals surface area contributed by atoms with Crippen LogP contribution in [0.3, 0.4) is 0 Å². The summed E-state index contributed by atoms with van der Waals surface area (Å²) in [6.07, 6.45) is 1.38. The average molecular weight is 400 g/mol. The first-order valence-electron chi connectivity index (χ1n) is 9.38. The number of carbonyl (C=O) groups excluding carboxylic acids is 1. The lowest BCUT2D eigenvalue weighted by atomic mass is 10.2. The van der Waals surface area contributed by atoms with Gasteiger partial charge in [-0.15, -0.1) is 0 Å². The normalized spacial score (nSPS) is 11.2. The van der Waals surface area contributed by atoms with Crippen LogP contribution in [0.15, 0.2) is 40.2 Å². The van der Waals surface area contributed by atoms with Crippen LogP contribution in [0.25, 0.3) is 16.9 Å². The summed E-state index contributed by atoms with van der Waals surface area (Å²) in [4.78, 5) is 42.5. The van der Waals surface area contributed by atoms with Crippen molar-refractivity contribution in [3.8, 4) is 11.4 Å². The molecule has 0 aliphatic carbocycles. The minimum Gasteiger partial charge on any atom is -0.497 e. The molecule has 0 unspecified atom stereocenters. The molecule has 0 N–H and O–H groups in total. The van der Waals surface area contributed by atoms with Crippen molar-refractivity contribution in [3.05, 3.63) is 51.4 Å². The number of aromatic nitrogens is 4. The SMILES string of the molecule is CCOC(=O)Cn1cnc2c1c(=O)n(CC(C)C)c(=O)n2-c1ccc(OC)cc1.